The quantitative estimate of drug-likeness (QED) is 0.768. The van der Waals surface area contributed by atoms with Crippen LogP contribution >= 0.6 is 11.6 Å². The van der Waals surface area contributed by atoms with E-state index in [0.717, 1.165) is 0 Å². The average molecular weight is 202 g/mol. The summed E-state index contributed by atoms with van der Waals surface area (Å²) in [5.41, 5.74) is 0. The number of aliphatic hydroxyl groups excluding tert-OH is 1. The number of halogens is 1. The second-order valence-electron chi connectivity index (χ2n) is 2.91. The van der Waals surface area contributed by atoms with Gasteiger partial charge in [-0.05, 0) is 18.1 Å². The van der Waals surface area contributed by atoms with Crippen molar-refractivity contribution in [2.24, 2.45) is 5.92 Å². The first kappa shape index (κ1) is 10.2. The Morgan fingerprint density at radius 2 is 2.31 bits per heavy atom. The molecule has 1 rings (SSSR count). The molecule has 1 unspecified atom stereocenters. The van der Waals surface area contributed by atoms with Gasteiger partial charge in [-0.1, -0.05) is 18.5 Å². The summed E-state index contributed by atoms with van der Waals surface area (Å²) >= 11 is 5.56. The van der Waals surface area contributed by atoms with Crippen molar-refractivity contribution in [2.45, 2.75) is 6.92 Å². The number of aromatic nitrogens is 2. The van der Waals surface area contributed by atoms with E-state index in [0.29, 0.717) is 17.5 Å². The lowest BCUT2D eigenvalue weighted by Crippen LogP contribution is -2.15. The van der Waals surface area contributed by atoms with E-state index in [1.807, 2.05) is 6.92 Å². The predicted octanol–water partition coefficient (Wildman–Crippen LogP) is 1.17. The van der Waals surface area contributed by atoms with Crippen LogP contribution in [0.5, 0.6) is 0 Å². The van der Waals surface area contributed by atoms with Gasteiger partial charge in [-0.2, -0.15) is 0 Å². The minimum atomic E-state index is 0.161. The van der Waals surface area contributed by atoms with Crippen LogP contribution in [0.4, 0.5) is 5.82 Å². The number of hydrogen-bond donors (Lipinski definition) is 2. The number of aliphatic hydroxyl groups is 1. The van der Waals surface area contributed by atoms with E-state index in [-0.39, 0.29) is 12.5 Å². The topological polar surface area (TPSA) is 58.0 Å². The van der Waals surface area contributed by atoms with Crippen LogP contribution < -0.4 is 5.32 Å². The maximum absolute atomic E-state index is 8.76. The number of nitrogens with zero attached hydrogens (tertiary/aromatic N) is 2. The van der Waals surface area contributed by atoms with Gasteiger partial charge in [0.1, 0.15) is 5.82 Å². The summed E-state index contributed by atoms with van der Waals surface area (Å²) in [6.07, 6.45) is 0. The van der Waals surface area contributed by atoms with Gasteiger partial charge in [-0.3, -0.25) is 0 Å². The third kappa shape index (κ3) is 3.57. The predicted molar refractivity (Wildman–Crippen MR) is 51.8 cm³/mol. The van der Waals surface area contributed by atoms with Crippen molar-refractivity contribution in [3.63, 3.8) is 0 Å². The van der Waals surface area contributed by atoms with Crippen molar-refractivity contribution in [1.29, 1.82) is 0 Å². The Bertz CT molecular complexity index is 252. The lowest BCUT2D eigenvalue weighted by atomic mass is 10.2. The molecule has 1 aromatic rings. The standard InChI is InChI=1S/C8H12ClN3O/c1-6(5-13)4-10-8-3-2-7(9)11-12-8/h2-3,6,13H,4-5H2,1H3,(H,10,12). The number of anilines is 1. The first-order chi connectivity index (χ1) is 6.22. The highest BCUT2D eigenvalue weighted by Crippen LogP contribution is 2.06. The molecule has 0 aliphatic rings. The fourth-order valence-electron chi connectivity index (χ4n) is 0.754. The summed E-state index contributed by atoms with van der Waals surface area (Å²) in [4.78, 5) is 0. The van der Waals surface area contributed by atoms with Gasteiger partial charge in [0.25, 0.3) is 0 Å². The molecule has 1 aromatic heterocycles. The zero-order valence-corrected chi connectivity index (χ0v) is 8.12. The van der Waals surface area contributed by atoms with Crippen molar-refractivity contribution in [3.8, 4) is 0 Å². The summed E-state index contributed by atoms with van der Waals surface area (Å²) in [7, 11) is 0. The SMILES string of the molecule is CC(CO)CNc1ccc(Cl)nn1. The molecule has 0 aromatic carbocycles. The van der Waals surface area contributed by atoms with E-state index >= 15 is 0 Å². The largest absolute Gasteiger partial charge is 0.396 e. The van der Waals surface area contributed by atoms with Crippen molar-refractivity contribution >= 4 is 17.4 Å². The number of nitrogens with one attached hydrogen (secondary N) is 1. The van der Waals surface area contributed by atoms with Gasteiger partial charge in [0, 0.05) is 13.2 Å². The van der Waals surface area contributed by atoms with Gasteiger partial charge in [0.15, 0.2) is 5.15 Å². The lowest BCUT2D eigenvalue weighted by molar-refractivity contribution is 0.244. The smallest absolute Gasteiger partial charge is 0.151 e. The Morgan fingerprint density at radius 1 is 1.54 bits per heavy atom. The van der Waals surface area contributed by atoms with Crippen LogP contribution in [0, 0.1) is 5.92 Å². The minimum absolute atomic E-state index is 0.161. The second kappa shape index (κ2) is 4.99. The molecule has 0 bridgehead atoms. The highest BCUT2D eigenvalue weighted by Gasteiger charge is 2.00. The Hall–Kier alpha value is -0.870. The molecule has 0 saturated carbocycles. The first-order valence-electron chi connectivity index (χ1n) is 4.06. The molecule has 0 fully saturated rings. The maximum atomic E-state index is 8.76. The van der Waals surface area contributed by atoms with Gasteiger partial charge in [0.2, 0.25) is 0 Å². The fourth-order valence-corrected chi connectivity index (χ4v) is 0.854. The molecule has 2 N–H and O–H groups in total. The molecule has 0 spiro atoms. The summed E-state index contributed by atoms with van der Waals surface area (Å²) in [5.74, 6) is 0.877. The van der Waals surface area contributed by atoms with Crippen LogP contribution in [0.1, 0.15) is 6.92 Å². The van der Waals surface area contributed by atoms with Crippen molar-refractivity contribution in [3.05, 3.63) is 17.3 Å². The lowest BCUT2D eigenvalue weighted by Gasteiger charge is -2.08. The Labute approximate surface area is 81.9 Å². The summed E-state index contributed by atoms with van der Waals surface area (Å²) < 4.78 is 0. The Kier molecular flexibility index (Phi) is 3.92. The molecule has 0 saturated heterocycles. The van der Waals surface area contributed by atoms with E-state index in [9.17, 15) is 0 Å². The molecule has 5 heteroatoms. The average Bonchev–Trinajstić information content (AvgIpc) is 2.16. The van der Waals surface area contributed by atoms with Crippen LogP contribution in [0.2, 0.25) is 5.15 Å². The number of hydrogen-bond acceptors (Lipinski definition) is 4. The van der Waals surface area contributed by atoms with Crippen molar-refractivity contribution < 1.29 is 5.11 Å². The maximum Gasteiger partial charge on any atom is 0.151 e. The summed E-state index contributed by atoms with van der Waals surface area (Å²) in [6.45, 7) is 2.77. The van der Waals surface area contributed by atoms with E-state index in [1.165, 1.54) is 0 Å². The molecule has 0 radical (unpaired) electrons. The molecular weight excluding hydrogens is 190 g/mol. The zero-order valence-electron chi connectivity index (χ0n) is 7.37. The molecule has 72 valence electrons. The molecule has 13 heavy (non-hydrogen) atoms. The second-order valence-corrected chi connectivity index (χ2v) is 3.30. The van der Waals surface area contributed by atoms with Crippen molar-refractivity contribution in [2.75, 3.05) is 18.5 Å². The van der Waals surface area contributed by atoms with Crippen LogP contribution in [0.3, 0.4) is 0 Å². The highest BCUT2D eigenvalue weighted by molar-refractivity contribution is 6.29. The normalized spacial score (nSPS) is 12.5. The molecule has 0 amide bonds. The molecular formula is C8H12ClN3O. The van der Waals surface area contributed by atoms with Crippen LogP contribution in [0.15, 0.2) is 12.1 Å². The van der Waals surface area contributed by atoms with Crippen LogP contribution in [-0.4, -0.2) is 28.5 Å². The molecule has 0 aliphatic carbocycles. The summed E-state index contributed by atoms with van der Waals surface area (Å²) in [6, 6.07) is 3.42. The minimum Gasteiger partial charge on any atom is -0.396 e. The fraction of sp³-hybridized carbons (Fsp3) is 0.500. The van der Waals surface area contributed by atoms with E-state index in [2.05, 4.69) is 15.5 Å². The van der Waals surface area contributed by atoms with Crippen LogP contribution in [-0.2, 0) is 0 Å². The molecule has 4 nitrogen and oxygen atoms in total. The van der Waals surface area contributed by atoms with E-state index < -0.39 is 0 Å². The van der Waals surface area contributed by atoms with Gasteiger partial charge < -0.3 is 10.4 Å². The van der Waals surface area contributed by atoms with Gasteiger partial charge in [-0.25, -0.2) is 0 Å². The Morgan fingerprint density at radius 3 is 2.85 bits per heavy atom. The third-order valence-corrected chi connectivity index (χ3v) is 1.78. The van der Waals surface area contributed by atoms with Gasteiger partial charge in [0.05, 0.1) is 0 Å². The third-order valence-electron chi connectivity index (χ3n) is 1.58. The van der Waals surface area contributed by atoms with Crippen molar-refractivity contribution in [1.82, 2.24) is 10.2 Å². The Balaban J connectivity index is 2.41. The van der Waals surface area contributed by atoms with Gasteiger partial charge >= 0.3 is 0 Å². The first-order valence-corrected chi connectivity index (χ1v) is 4.44. The summed E-state index contributed by atoms with van der Waals surface area (Å²) in [5, 5.41) is 19.6. The molecule has 1 atom stereocenters. The molecule has 1 heterocycles. The van der Waals surface area contributed by atoms with Gasteiger partial charge in [-0.15, -0.1) is 10.2 Å². The monoisotopic (exact) mass is 201 g/mol. The van der Waals surface area contributed by atoms with Crippen LogP contribution in [0.25, 0.3) is 0 Å². The highest BCUT2D eigenvalue weighted by atomic mass is 35.5. The zero-order chi connectivity index (χ0) is 9.68. The van der Waals surface area contributed by atoms with E-state index in [1.54, 1.807) is 12.1 Å². The number of rotatable bonds is 4. The molecule has 0 aliphatic heterocycles. The van der Waals surface area contributed by atoms with E-state index in [4.69, 9.17) is 16.7 Å².